The number of hydrogen-bond acceptors (Lipinski definition) is 1. The van der Waals surface area contributed by atoms with Gasteiger partial charge in [-0.1, -0.05) is 6.92 Å². The first-order valence-corrected chi connectivity index (χ1v) is 3.28. The van der Waals surface area contributed by atoms with Gasteiger partial charge in [0.1, 0.15) is 0 Å². The molecule has 1 heteroatoms. The lowest BCUT2D eigenvalue weighted by Crippen LogP contribution is -2.27. The molecule has 0 bridgehead atoms. The van der Waals surface area contributed by atoms with Crippen molar-refractivity contribution in [2.24, 2.45) is 5.92 Å². The normalized spacial score (nSPS) is 26.2. The van der Waals surface area contributed by atoms with Gasteiger partial charge < -0.3 is 0 Å². The predicted octanol–water partition coefficient (Wildman–Crippen LogP) is 1.39. The summed E-state index contributed by atoms with van der Waals surface area (Å²) in [6.07, 6.45) is 2.55. The standard InChI is InChI=1S/C7H13N/c1-7-3-5-8(2)6-4-7/h2,7H,3-6H2,1H3. The van der Waals surface area contributed by atoms with E-state index < -0.39 is 0 Å². The number of likely N-dealkylation sites (tertiary alicyclic amines) is 1. The Morgan fingerprint density at radius 3 is 2.25 bits per heavy atom. The lowest BCUT2D eigenvalue weighted by Gasteiger charge is -2.25. The maximum Gasteiger partial charge on any atom is 0.0438 e. The van der Waals surface area contributed by atoms with E-state index in [1.54, 1.807) is 0 Å². The Labute approximate surface area is 51.7 Å². The van der Waals surface area contributed by atoms with Crippen LogP contribution in [0.2, 0.25) is 0 Å². The summed E-state index contributed by atoms with van der Waals surface area (Å²) < 4.78 is 0. The highest BCUT2D eigenvalue weighted by Gasteiger charge is 2.10. The molecule has 1 saturated heterocycles. The molecule has 0 unspecified atom stereocenters. The summed E-state index contributed by atoms with van der Waals surface area (Å²) in [7, 11) is 5.53. The molecule has 1 heterocycles. The van der Waals surface area contributed by atoms with Gasteiger partial charge in [-0.25, -0.2) is 0 Å². The lowest BCUT2D eigenvalue weighted by atomic mass is 10.00. The molecule has 0 saturated carbocycles. The van der Waals surface area contributed by atoms with E-state index in [0.29, 0.717) is 0 Å². The number of hydrogen-bond donors (Lipinski definition) is 0. The molecule has 1 rings (SSSR count). The van der Waals surface area contributed by atoms with E-state index in [4.69, 9.17) is 7.05 Å². The first kappa shape index (κ1) is 6.09. The highest BCUT2D eigenvalue weighted by molar-refractivity contribution is 4.67. The van der Waals surface area contributed by atoms with E-state index >= 15 is 0 Å². The molecule has 0 aromatic carbocycles. The van der Waals surface area contributed by atoms with Gasteiger partial charge in [-0.3, -0.25) is 4.90 Å². The average Bonchev–Trinajstić information content (AvgIpc) is 1.77. The van der Waals surface area contributed by atoms with E-state index in [1.165, 1.54) is 12.8 Å². The fraction of sp³-hybridized carbons (Fsp3) is 0.857. The molecule has 0 spiro atoms. The third-order valence-electron chi connectivity index (χ3n) is 1.82. The van der Waals surface area contributed by atoms with Crippen molar-refractivity contribution in [1.82, 2.24) is 4.90 Å². The highest BCUT2D eigenvalue weighted by atomic mass is 15.1. The molecule has 1 nitrogen and oxygen atoms in total. The minimum absolute atomic E-state index is 0.898. The quantitative estimate of drug-likeness (QED) is 0.456. The highest BCUT2D eigenvalue weighted by Crippen LogP contribution is 2.14. The topological polar surface area (TPSA) is 3.24 Å². The summed E-state index contributed by atoms with van der Waals surface area (Å²) >= 11 is 0. The smallest absolute Gasteiger partial charge is 0.0438 e. The van der Waals surface area contributed by atoms with Gasteiger partial charge in [0.25, 0.3) is 0 Å². The Balaban J connectivity index is 2.19. The first-order valence-electron chi connectivity index (χ1n) is 3.28. The second-order valence-corrected chi connectivity index (χ2v) is 2.72. The zero-order chi connectivity index (χ0) is 5.98. The van der Waals surface area contributed by atoms with E-state index in [1.807, 2.05) is 4.90 Å². The van der Waals surface area contributed by atoms with Crippen molar-refractivity contribution in [2.75, 3.05) is 13.1 Å². The van der Waals surface area contributed by atoms with Crippen molar-refractivity contribution in [3.63, 3.8) is 0 Å². The van der Waals surface area contributed by atoms with Crippen LogP contribution in [-0.4, -0.2) is 18.0 Å². The van der Waals surface area contributed by atoms with Gasteiger partial charge >= 0.3 is 0 Å². The second kappa shape index (κ2) is 2.49. The van der Waals surface area contributed by atoms with Crippen LogP contribution in [0.5, 0.6) is 0 Å². The number of rotatable bonds is 0. The predicted molar refractivity (Wildman–Crippen MR) is 34.3 cm³/mol. The van der Waals surface area contributed by atoms with Crippen molar-refractivity contribution in [3.05, 3.63) is 7.05 Å². The minimum atomic E-state index is 0.898. The van der Waals surface area contributed by atoms with Crippen LogP contribution < -0.4 is 0 Å². The molecule has 0 atom stereocenters. The summed E-state index contributed by atoms with van der Waals surface area (Å²) in [5, 5.41) is 0. The maximum absolute atomic E-state index is 5.53. The first-order chi connectivity index (χ1) is 3.79. The SMILES string of the molecule is [CH]N1CCC(C)CC1. The summed E-state index contributed by atoms with van der Waals surface area (Å²) in [4.78, 5) is 1.90. The third kappa shape index (κ3) is 1.48. The van der Waals surface area contributed by atoms with E-state index in [-0.39, 0.29) is 0 Å². The molecule has 0 amide bonds. The fourth-order valence-corrected chi connectivity index (χ4v) is 1.03. The zero-order valence-corrected chi connectivity index (χ0v) is 5.43. The van der Waals surface area contributed by atoms with Crippen LogP contribution in [0, 0.1) is 13.0 Å². The average molecular weight is 111 g/mol. The molecule has 46 valence electrons. The van der Waals surface area contributed by atoms with Gasteiger partial charge in [0, 0.05) is 7.05 Å². The molecular formula is C7H13N. The summed E-state index contributed by atoms with van der Waals surface area (Å²) in [6.45, 7) is 4.45. The van der Waals surface area contributed by atoms with Gasteiger partial charge in [-0.05, 0) is 31.8 Å². The van der Waals surface area contributed by atoms with Crippen LogP contribution in [0.4, 0.5) is 0 Å². The van der Waals surface area contributed by atoms with E-state index in [0.717, 1.165) is 19.0 Å². The molecule has 1 aliphatic rings. The monoisotopic (exact) mass is 111 g/mol. The minimum Gasteiger partial charge on any atom is -0.297 e. The van der Waals surface area contributed by atoms with Crippen LogP contribution in [0.3, 0.4) is 0 Å². The van der Waals surface area contributed by atoms with Gasteiger partial charge in [0.15, 0.2) is 0 Å². The van der Waals surface area contributed by atoms with Gasteiger partial charge in [-0.15, -0.1) is 0 Å². The van der Waals surface area contributed by atoms with Gasteiger partial charge in [0.05, 0.1) is 0 Å². The van der Waals surface area contributed by atoms with Gasteiger partial charge in [0.2, 0.25) is 0 Å². The van der Waals surface area contributed by atoms with Crippen molar-refractivity contribution in [3.8, 4) is 0 Å². The third-order valence-corrected chi connectivity index (χ3v) is 1.82. The Morgan fingerprint density at radius 2 is 1.88 bits per heavy atom. The van der Waals surface area contributed by atoms with Crippen LogP contribution in [-0.2, 0) is 0 Å². The molecule has 1 fully saturated rings. The molecule has 8 heavy (non-hydrogen) atoms. The number of piperidine rings is 1. The summed E-state index contributed by atoms with van der Waals surface area (Å²) in [5.74, 6) is 0.898. The molecule has 0 N–H and O–H groups in total. The molecular weight excluding hydrogens is 98.1 g/mol. The Morgan fingerprint density at radius 1 is 1.38 bits per heavy atom. The van der Waals surface area contributed by atoms with Crippen LogP contribution in [0.15, 0.2) is 0 Å². The van der Waals surface area contributed by atoms with Crippen molar-refractivity contribution < 1.29 is 0 Å². The Kier molecular flexibility index (Phi) is 1.90. The second-order valence-electron chi connectivity index (χ2n) is 2.72. The Hall–Kier alpha value is -0.0400. The fourth-order valence-electron chi connectivity index (χ4n) is 1.03. The van der Waals surface area contributed by atoms with E-state index in [2.05, 4.69) is 6.92 Å². The Bertz CT molecular complexity index is 52.8. The van der Waals surface area contributed by atoms with Crippen molar-refractivity contribution >= 4 is 0 Å². The lowest BCUT2D eigenvalue weighted by molar-refractivity contribution is 0.252. The zero-order valence-electron chi connectivity index (χ0n) is 5.43. The molecule has 0 aromatic rings. The summed E-state index contributed by atoms with van der Waals surface area (Å²) in [5.41, 5.74) is 0. The molecule has 1 aliphatic heterocycles. The summed E-state index contributed by atoms with van der Waals surface area (Å²) in [6, 6.07) is 0. The number of nitrogens with zero attached hydrogens (tertiary/aromatic N) is 1. The van der Waals surface area contributed by atoms with Crippen LogP contribution >= 0.6 is 0 Å². The molecule has 0 aliphatic carbocycles. The van der Waals surface area contributed by atoms with Crippen LogP contribution in [0.1, 0.15) is 19.8 Å². The molecule has 2 radical (unpaired) electrons. The van der Waals surface area contributed by atoms with Crippen molar-refractivity contribution in [1.29, 1.82) is 0 Å². The molecule has 0 aromatic heterocycles. The van der Waals surface area contributed by atoms with Crippen molar-refractivity contribution in [2.45, 2.75) is 19.8 Å². The van der Waals surface area contributed by atoms with Crippen LogP contribution in [0.25, 0.3) is 0 Å². The largest absolute Gasteiger partial charge is 0.297 e. The maximum atomic E-state index is 5.53. The van der Waals surface area contributed by atoms with E-state index in [9.17, 15) is 0 Å². The van der Waals surface area contributed by atoms with Gasteiger partial charge in [-0.2, -0.15) is 0 Å².